The van der Waals surface area contributed by atoms with Gasteiger partial charge in [-0.25, -0.2) is 0 Å². The molecule has 14 heavy (non-hydrogen) atoms. The van der Waals surface area contributed by atoms with E-state index >= 15 is 0 Å². The molecule has 0 unspecified atom stereocenters. The molecule has 2 rings (SSSR count). The van der Waals surface area contributed by atoms with Crippen molar-refractivity contribution in [3.8, 4) is 0 Å². The van der Waals surface area contributed by atoms with Gasteiger partial charge in [-0.15, -0.1) is 0 Å². The molecule has 1 aromatic rings. The van der Waals surface area contributed by atoms with Crippen molar-refractivity contribution in [2.75, 3.05) is 5.73 Å². The van der Waals surface area contributed by atoms with Gasteiger partial charge < -0.3 is 10.2 Å². The Labute approximate surface area is 85.7 Å². The van der Waals surface area contributed by atoms with Crippen LogP contribution in [0.1, 0.15) is 52.0 Å². The number of aryl methyl sites for hydroxylation is 1. The van der Waals surface area contributed by atoms with E-state index in [9.17, 15) is 0 Å². The summed E-state index contributed by atoms with van der Waals surface area (Å²) in [4.78, 5) is 4.22. The third-order valence-corrected chi connectivity index (χ3v) is 2.56. The molecule has 0 amide bonds. The van der Waals surface area contributed by atoms with E-state index in [1.165, 1.54) is 12.8 Å². The number of nitrogens with two attached hydrogens (primary N) is 1. The number of nitrogens with zero attached hydrogens (tertiary/aromatic N) is 1. The van der Waals surface area contributed by atoms with Gasteiger partial charge in [0.15, 0.2) is 0 Å². The van der Waals surface area contributed by atoms with E-state index in [1.807, 2.05) is 13.8 Å². The first-order chi connectivity index (χ1) is 6.59. The normalized spacial score (nSPS) is 18.0. The first-order valence-corrected chi connectivity index (χ1v) is 5.35. The Kier molecular flexibility index (Phi) is 3.19. The second-order valence-electron chi connectivity index (χ2n) is 4.06. The van der Waals surface area contributed by atoms with Crippen molar-refractivity contribution in [2.24, 2.45) is 0 Å². The third kappa shape index (κ3) is 1.91. The largest absolute Gasteiger partial charge is 0.429 e. The van der Waals surface area contributed by atoms with Crippen molar-refractivity contribution in [2.45, 2.75) is 52.4 Å². The Morgan fingerprint density at radius 1 is 1.36 bits per heavy atom. The molecule has 1 aromatic heterocycles. The van der Waals surface area contributed by atoms with Crippen LogP contribution in [-0.4, -0.2) is 4.98 Å². The van der Waals surface area contributed by atoms with Gasteiger partial charge in [-0.1, -0.05) is 27.7 Å². The summed E-state index contributed by atoms with van der Waals surface area (Å²) in [5, 5.41) is 0. The lowest BCUT2D eigenvalue weighted by Crippen LogP contribution is -2.23. The van der Waals surface area contributed by atoms with Crippen molar-refractivity contribution in [1.29, 1.82) is 0 Å². The van der Waals surface area contributed by atoms with Crippen LogP contribution in [0.5, 0.6) is 0 Å². The van der Waals surface area contributed by atoms with Crippen molar-refractivity contribution < 1.29 is 4.42 Å². The highest BCUT2D eigenvalue weighted by Crippen LogP contribution is 2.36. The molecule has 0 atom stereocenters. The van der Waals surface area contributed by atoms with E-state index in [1.54, 1.807) is 0 Å². The van der Waals surface area contributed by atoms with Gasteiger partial charge in [0, 0.05) is 11.8 Å². The average molecular weight is 196 g/mol. The maximum absolute atomic E-state index is 5.50. The van der Waals surface area contributed by atoms with Gasteiger partial charge in [-0.05, 0) is 12.8 Å². The Bertz CT molecular complexity index is 302. The van der Waals surface area contributed by atoms with Gasteiger partial charge >= 0.3 is 0 Å². The van der Waals surface area contributed by atoms with E-state index in [2.05, 4.69) is 18.8 Å². The lowest BCUT2D eigenvalue weighted by molar-refractivity contribution is 0.387. The van der Waals surface area contributed by atoms with Crippen LogP contribution in [0.15, 0.2) is 4.42 Å². The van der Waals surface area contributed by atoms with Gasteiger partial charge in [-0.2, -0.15) is 4.98 Å². The average Bonchev–Trinajstić information content (AvgIpc) is 2.50. The fraction of sp³-hybridized carbons (Fsp3) is 0.727. The van der Waals surface area contributed by atoms with Crippen molar-refractivity contribution >= 4 is 6.01 Å². The predicted octanol–water partition coefficient (Wildman–Crippen LogP) is 2.90. The number of hydrogen-bond acceptors (Lipinski definition) is 3. The molecule has 1 heterocycles. The van der Waals surface area contributed by atoms with Crippen LogP contribution < -0.4 is 5.73 Å². The molecule has 0 aromatic carbocycles. The molecule has 1 aliphatic carbocycles. The number of aromatic nitrogens is 1. The van der Waals surface area contributed by atoms with Crippen LogP contribution in [0.25, 0.3) is 0 Å². The zero-order valence-electron chi connectivity index (χ0n) is 9.55. The topological polar surface area (TPSA) is 52.0 Å². The molecule has 3 nitrogen and oxygen atoms in total. The van der Waals surface area contributed by atoms with E-state index in [-0.39, 0.29) is 5.41 Å². The lowest BCUT2D eigenvalue weighted by Gasteiger charge is -2.26. The molecule has 0 fully saturated rings. The molecule has 2 N–H and O–H groups in total. The highest BCUT2D eigenvalue weighted by Gasteiger charge is 2.31. The Hall–Kier alpha value is -0.990. The van der Waals surface area contributed by atoms with Gasteiger partial charge in [0.1, 0.15) is 5.76 Å². The van der Waals surface area contributed by atoms with Crippen molar-refractivity contribution in [1.82, 2.24) is 4.98 Å². The minimum Gasteiger partial charge on any atom is -0.429 e. The maximum atomic E-state index is 5.50. The predicted molar refractivity (Wildman–Crippen MR) is 58.2 cm³/mol. The Morgan fingerprint density at radius 2 is 2.00 bits per heavy atom. The van der Waals surface area contributed by atoms with Crippen LogP contribution in [0, 0.1) is 0 Å². The molecule has 0 radical (unpaired) electrons. The summed E-state index contributed by atoms with van der Waals surface area (Å²) in [6.07, 6.45) is 3.34. The molecule has 1 aliphatic rings. The molecule has 0 bridgehead atoms. The molecule has 0 spiro atoms. The van der Waals surface area contributed by atoms with E-state index < -0.39 is 0 Å². The van der Waals surface area contributed by atoms with Crippen LogP contribution in [-0.2, 0) is 11.8 Å². The highest BCUT2D eigenvalue weighted by molar-refractivity contribution is 5.28. The molecule has 80 valence electrons. The summed E-state index contributed by atoms with van der Waals surface area (Å²) in [5.41, 5.74) is 6.71. The SMILES string of the molecule is CC.CC1(C)CCCc2oc(N)nc21. The second kappa shape index (κ2) is 4.03. The summed E-state index contributed by atoms with van der Waals surface area (Å²) in [6.45, 7) is 8.37. The number of rotatable bonds is 0. The maximum Gasteiger partial charge on any atom is 0.292 e. The molecule has 3 heteroatoms. The molecule has 0 aliphatic heterocycles. The van der Waals surface area contributed by atoms with E-state index in [0.29, 0.717) is 6.01 Å². The van der Waals surface area contributed by atoms with Crippen LogP contribution in [0.3, 0.4) is 0 Å². The molecular weight excluding hydrogens is 176 g/mol. The summed E-state index contributed by atoms with van der Waals surface area (Å²) < 4.78 is 5.31. The molecule has 0 saturated heterocycles. The van der Waals surface area contributed by atoms with Crippen LogP contribution in [0.4, 0.5) is 6.01 Å². The monoisotopic (exact) mass is 196 g/mol. The minimum absolute atomic E-state index is 0.148. The second-order valence-corrected chi connectivity index (χ2v) is 4.06. The van der Waals surface area contributed by atoms with E-state index in [0.717, 1.165) is 17.9 Å². The summed E-state index contributed by atoms with van der Waals surface area (Å²) in [5.74, 6) is 0.990. The smallest absolute Gasteiger partial charge is 0.292 e. The molecule has 0 saturated carbocycles. The summed E-state index contributed by atoms with van der Waals surface area (Å²) in [6, 6.07) is 0.315. The van der Waals surface area contributed by atoms with Gasteiger partial charge in [0.25, 0.3) is 6.01 Å². The van der Waals surface area contributed by atoms with E-state index in [4.69, 9.17) is 10.2 Å². The number of oxazole rings is 1. The zero-order valence-corrected chi connectivity index (χ0v) is 9.55. The van der Waals surface area contributed by atoms with Gasteiger partial charge in [0.05, 0.1) is 5.69 Å². The van der Waals surface area contributed by atoms with Crippen molar-refractivity contribution in [3.63, 3.8) is 0 Å². The fourth-order valence-corrected chi connectivity index (χ4v) is 1.88. The van der Waals surface area contributed by atoms with Crippen LogP contribution in [0.2, 0.25) is 0 Å². The first kappa shape index (κ1) is 11.1. The van der Waals surface area contributed by atoms with Gasteiger partial charge in [0.2, 0.25) is 0 Å². The lowest BCUT2D eigenvalue weighted by atomic mass is 9.78. The van der Waals surface area contributed by atoms with Gasteiger partial charge in [-0.3, -0.25) is 0 Å². The number of hydrogen-bond donors (Lipinski definition) is 1. The first-order valence-electron chi connectivity index (χ1n) is 5.35. The summed E-state index contributed by atoms with van der Waals surface area (Å²) in [7, 11) is 0. The fourth-order valence-electron chi connectivity index (χ4n) is 1.88. The summed E-state index contributed by atoms with van der Waals surface area (Å²) >= 11 is 0. The third-order valence-electron chi connectivity index (χ3n) is 2.56. The zero-order chi connectivity index (χ0) is 10.8. The Balaban J connectivity index is 0.000000461. The number of fused-ring (bicyclic) bond motifs is 1. The minimum atomic E-state index is 0.148. The molecular formula is C11H20N2O. The highest BCUT2D eigenvalue weighted by atomic mass is 16.4. The van der Waals surface area contributed by atoms with Crippen molar-refractivity contribution in [3.05, 3.63) is 11.5 Å². The quantitative estimate of drug-likeness (QED) is 0.694. The number of anilines is 1. The Morgan fingerprint density at radius 3 is 2.57 bits per heavy atom. The standard InChI is InChI=1S/C9H14N2O.C2H6/c1-9(2)5-3-4-6-7(9)11-8(10)12-6;1-2/h3-5H2,1-2H3,(H2,10,11);1-2H3. The number of nitrogen functional groups attached to an aromatic ring is 1. The van der Waals surface area contributed by atoms with Crippen LogP contribution >= 0.6 is 0 Å².